The molecule has 31 heavy (non-hydrogen) atoms. The highest BCUT2D eigenvalue weighted by Gasteiger charge is 2.41. The van der Waals surface area contributed by atoms with Crippen LogP contribution in [0.3, 0.4) is 0 Å². The molecule has 0 N–H and O–H groups in total. The average molecular weight is 421 g/mol. The molecule has 6 nitrogen and oxygen atoms in total. The lowest BCUT2D eigenvalue weighted by Crippen LogP contribution is -2.56. The number of methoxy groups -OCH3 is 1. The fraction of sp³-hybridized carbons (Fsp3) is 0.520. The SMILES string of the molecule is COc1cccc2c1C[C@H]1C[C@@H](C(=O)N3CCN(c4ccncc4)CC3)CN(C)[C@@H]1C2. The zero-order valence-corrected chi connectivity index (χ0v) is 18.5. The number of carbonyl (C=O) groups excluding carboxylic acids is 1. The lowest BCUT2D eigenvalue weighted by Gasteiger charge is -2.47. The highest BCUT2D eigenvalue weighted by Crippen LogP contribution is 2.40. The Balaban J connectivity index is 1.25. The number of amides is 1. The first-order valence-corrected chi connectivity index (χ1v) is 11.4. The molecule has 0 saturated carbocycles. The van der Waals surface area contributed by atoms with Crippen LogP contribution in [-0.4, -0.2) is 73.6 Å². The van der Waals surface area contributed by atoms with E-state index in [4.69, 9.17) is 4.74 Å². The first-order chi connectivity index (χ1) is 15.1. The van der Waals surface area contributed by atoms with Crippen molar-refractivity contribution < 1.29 is 9.53 Å². The summed E-state index contributed by atoms with van der Waals surface area (Å²) in [7, 11) is 3.95. The summed E-state index contributed by atoms with van der Waals surface area (Å²) in [5.41, 5.74) is 3.94. The number of anilines is 1. The zero-order valence-electron chi connectivity index (χ0n) is 18.5. The third kappa shape index (κ3) is 3.89. The Morgan fingerprint density at radius 2 is 1.84 bits per heavy atom. The molecule has 5 rings (SSSR count). The predicted octanol–water partition coefficient (Wildman–Crippen LogP) is 2.47. The number of carbonyl (C=O) groups is 1. The highest BCUT2D eigenvalue weighted by atomic mass is 16.5. The Morgan fingerprint density at radius 1 is 1.06 bits per heavy atom. The maximum absolute atomic E-state index is 13.4. The van der Waals surface area contributed by atoms with Crippen LogP contribution < -0.4 is 9.64 Å². The molecule has 6 heteroatoms. The van der Waals surface area contributed by atoms with Crippen LogP contribution >= 0.6 is 0 Å². The van der Waals surface area contributed by atoms with Gasteiger partial charge in [-0.25, -0.2) is 0 Å². The van der Waals surface area contributed by atoms with Gasteiger partial charge in [-0.3, -0.25) is 9.78 Å². The topological polar surface area (TPSA) is 48.9 Å². The number of benzene rings is 1. The number of nitrogens with zero attached hydrogens (tertiary/aromatic N) is 4. The van der Waals surface area contributed by atoms with Crippen LogP contribution in [0.4, 0.5) is 5.69 Å². The maximum Gasteiger partial charge on any atom is 0.227 e. The summed E-state index contributed by atoms with van der Waals surface area (Å²) in [6, 6.07) is 11.0. The molecule has 0 radical (unpaired) electrons. The average Bonchev–Trinajstić information content (AvgIpc) is 2.83. The summed E-state index contributed by atoms with van der Waals surface area (Å²) >= 11 is 0. The van der Waals surface area contributed by atoms with E-state index in [1.807, 2.05) is 24.5 Å². The molecule has 1 aromatic carbocycles. The van der Waals surface area contributed by atoms with Gasteiger partial charge < -0.3 is 19.4 Å². The van der Waals surface area contributed by atoms with E-state index in [-0.39, 0.29) is 5.92 Å². The summed E-state index contributed by atoms with van der Waals surface area (Å²) in [5, 5.41) is 0. The first kappa shape index (κ1) is 20.3. The number of rotatable bonds is 3. The third-order valence-corrected chi connectivity index (χ3v) is 7.52. The van der Waals surface area contributed by atoms with Gasteiger partial charge in [0.2, 0.25) is 5.91 Å². The minimum absolute atomic E-state index is 0.0926. The Hall–Kier alpha value is -2.60. The minimum atomic E-state index is 0.0926. The van der Waals surface area contributed by atoms with Gasteiger partial charge in [0.15, 0.2) is 0 Å². The van der Waals surface area contributed by atoms with E-state index < -0.39 is 0 Å². The Kier molecular flexibility index (Phi) is 5.57. The second-order valence-electron chi connectivity index (χ2n) is 9.22. The number of aromatic nitrogens is 1. The molecule has 1 aliphatic carbocycles. The van der Waals surface area contributed by atoms with E-state index in [2.05, 4.69) is 44.9 Å². The summed E-state index contributed by atoms with van der Waals surface area (Å²) in [6.45, 7) is 4.23. The van der Waals surface area contributed by atoms with Crippen LogP contribution in [-0.2, 0) is 17.6 Å². The highest BCUT2D eigenvalue weighted by molar-refractivity contribution is 5.79. The lowest BCUT2D eigenvalue weighted by atomic mass is 9.72. The van der Waals surface area contributed by atoms with Crippen molar-refractivity contribution >= 4 is 11.6 Å². The van der Waals surface area contributed by atoms with Gasteiger partial charge in [0.05, 0.1) is 13.0 Å². The van der Waals surface area contributed by atoms with E-state index in [1.54, 1.807) is 7.11 Å². The Morgan fingerprint density at radius 3 is 2.58 bits per heavy atom. The van der Waals surface area contributed by atoms with Gasteiger partial charge in [-0.2, -0.15) is 0 Å². The molecular weight excluding hydrogens is 388 g/mol. The summed E-state index contributed by atoms with van der Waals surface area (Å²) in [6.07, 6.45) is 6.71. The normalized spacial score (nSPS) is 26.2. The van der Waals surface area contributed by atoms with Gasteiger partial charge in [-0.15, -0.1) is 0 Å². The molecule has 0 spiro atoms. The first-order valence-electron chi connectivity index (χ1n) is 11.4. The smallest absolute Gasteiger partial charge is 0.227 e. The fourth-order valence-corrected chi connectivity index (χ4v) is 5.87. The van der Waals surface area contributed by atoms with Crippen LogP contribution in [0.5, 0.6) is 5.75 Å². The van der Waals surface area contributed by atoms with E-state index in [1.165, 1.54) is 16.8 Å². The number of piperazine rings is 1. The number of hydrogen-bond donors (Lipinski definition) is 0. The van der Waals surface area contributed by atoms with Crippen LogP contribution in [0, 0.1) is 11.8 Å². The number of likely N-dealkylation sites (tertiary alicyclic amines) is 1. The molecule has 3 heterocycles. The van der Waals surface area contributed by atoms with Crippen LogP contribution in [0.1, 0.15) is 17.5 Å². The number of likely N-dealkylation sites (N-methyl/N-ethyl adjacent to an activating group) is 1. The summed E-state index contributed by atoms with van der Waals surface area (Å²) in [4.78, 5) is 24.4. The molecule has 2 fully saturated rings. The number of fused-ring (bicyclic) bond motifs is 2. The molecule has 2 saturated heterocycles. The van der Waals surface area contributed by atoms with Crippen LogP contribution in [0.15, 0.2) is 42.7 Å². The standard InChI is InChI=1S/C25H32N4O2/c1-27-17-20(14-19-15-22-18(16-23(19)27)4-3-5-24(22)31-2)25(30)29-12-10-28(11-13-29)21-6-8-26-9-7-21/h3-9,19-20,23H,10-17H2,1-2H3/t19-,20-,23-/m1/s1. The largest absolute Gasteiger partial charge is 0.496 e. The summed E-state index contributed by atoms with van der Waals surface area (Å²) < 4.78 is 5.64. The van der Waals surface area contributed by atoms with Crippen molar-refractivity contribution in [2.24, 2.45) is 11.8 Å². The maximum atomic E-state index is 13.4. The van der Waals surface area contributed by atoms with Gasteiger partial charge in [0.25, 0.3) is 0 Å². The predicted molar refractivity (Wildman–Crippen MR) is 121 cm³/mol. The van der Waals surface area contributed by atoms with Gasteiger partial charge >= 0.3 is 0 Å². The second-order valence-corrected chi connectivity index (χ2v) is 9.22. The van der Waals surface area contributed by atoms with Crippen molar-refractivity contribution in [3.63, 3.8) is 0 Å². The van der Waals surface area contributed by atoms with Crippen molar-refractivity contribution in [3.05, 3.63) is 53.9 Å². The van der Waals surface area contributed by atoms with E-state index in [9.17, 15) is 4.79 Å². The number of pyridine rings is 1. The van der Waals surface area contributed by atoms with Gasteiger partial charge in [0, 0.05) is 56.8 Å². The molecule has 0 bridgehead atoms. The third-order valence-electron chi connectivity index (χ3n) is 7.52. The summed E-state index contributed by atoms with van der Waals surface area (Å²) in [5.74, 6) is 1.94. The Labute approximate surface area is 184 Å². The molecule has 164 valence electrons. The van der Waals surface area contributed by atoms with Gasteiger partial charge in [0.1, 0.15) is 5.75 Å². The van der Waals surface area contributed by atoms with E-state index in [0.29, 0.717) is 17.9 Å². The molecule has 2 aromatic rings. The molecule has 3 aliphatic rings. The fourth-order valence-electron chi connectivity index (χ4n) is 5.87. The van der Waals surface area contributed by atoms with Crippen molar-refractivity contribution in [1.82, 2.24) is 14.8 Å². The van der Waals surface area contributed by atoms with Gasteiger partial charge in [-0.05, 0) is 61.6 Å². The van der Waals surface area contributed by atoms with E-state index in [0.717, 1.165) is 57.7 Å². The van der Waals surface area contributed by atoms with Crippen molar-refractivity contribution in [1.29, 1.82) is 0 Å². The molecule has 1 aromatic heterocycles. The molecule has 3 atom stereocenters. The molecular formula is C25H32N4O2. The molecule has 0 unspecified atom stereocenters. The number of piperidine rings is 1. The van der Waals surface area contributed by atoms with E-state index >= 15 is 0 Å². The minimum Gasteiger partial charge on any atom is -0.496 e. The van der Waals surface area contributed by atoms with Crippen molar-refractivity contribution in [2.75, 3.05) is 51.8 Å². The van der Waals surface area contributed by atoms with Crippen molar-refractivity contribution in [2.45, 2.75) is 25.3 Å². The second kappa shape index (κ2) is 8.50. The molecule has 2 aliphatic heterocycles. The van der Waals surface area contributed by atoms with Gasteiger partial charge in [-0.1, -0.05) is 12.1 Å². The Bertz CT molecular complexity index is 926. The zero-order chi connectivity index (χ0) is 21.4. The van der Waals surface area contributed by atoms with Crippen LogP contribution in [0.25, 0.3) is 0 Å². The number of hydrogen-bond acceptors (Lipinski definition) is 5. The van der Waals surface area contributed by atoms with Crippen LogP contribution in [0.2, 0.25) is 0 Å². The quantitative estimate of drug-likeness (QED) is 0.764. The monoisotopic (exact) mass is 420 g/mol. The van der Waals surface area contributed by atoms with Crippen molar-refractivity contribution in [3.8, 4) is 5.75 Å². The number of ether oxygens (including phenoxy) is 1. The lowest BCUT2D eigenvalue weighted by molar-refractivity contribution is -0.139. The molecule has 1 amide bonds.